The first kappa shape index (κ1) is 20.2. The zero-order valence-electron chi connectivity index (χ0n) is 16.4. The summed E-state index contributed by atoms with van der Waals surface area (Å²) >= 11 is 0. The smallest absolute Gasteiger partial charge is 0.240 e. The van der Waals surface area contributed by atoms with Gasteiger partial charge >= 0.3 is 0 Å². The van der Waals surface area contributed by atoms with Crippen molar-refractivity contribution >= 4 is 21.1 Å². The summed E-state index contributed by atoms with van der Waals surface area (Å²) in [5, 5.41) is 17.3. The first-order valence-corrected chi connectivity index (χ1v) is 11.0. The summed E-state index contributed by atoms with van der Waals surface area (Å²) in [5.41, 5.74) is 4.10. The predicted molar refractivity (Wildman–Crippen MR) is 112 cm³/mol. The molecule has 2 aromatic carbocycles. The van der Waals surface area contributed by atoms with E-state index >= 15 is 0 Å². The molecule has 2 heterocycles. The number of nitrogens with zero attached hydrogens (tertiary/aromatic N) is 4. The molecular formula is C20H22N6O3S. The van der Waals surface area contributed by atoms with Crippen LogP contribution >= 0.6 is 0 Å². The number of hydrogen-bond acceptors (Lipinski definition) is 6. The fourth-order valence-electron chi connectivity index (χ4n) is 3.12. The monoisotopic (exact) mass is 426 g/mol. The molecule has 0 atom stereocenters. The van der Waals surface area contributed by atoms with Crippen LogP contribution in [0.25, 0.3) is 22.6 Å². The molecule has 0 saturated heterocycles. The number of sulfonamides is 1. The van der Waals surface area contributed by atoms with Gasteiger partial charge in [-0.15, -0.1) is 5.10 Å². The number of aromatic amines is 1. The van der Waals surface area contributed by atoms with Gasteiger partial charge in [0.05, 0.1) is 28.7 Å². The van der Waals surface area contributed by atoms with Gasteiger partial charge in [-0.25, -0.2) is 22.8 Å². The Labute approximate surface area is 173 Å². The lowest BCUT2D eigenvalue weighted by Crippen LogP contribution is -2.25. The number of fused-ring (bicyclic) bond motifs is 1. The third-order valence-electron chi connectivity index (χ3n) is 4.76. The van der Waals surface area contributed by atoms with Gasteiger partial charge in [-0.2, -0.15) is 0 Å². The Morgan fingerprint density at radius 1 is 1.17 bits per heavy atom. The zero-order chi connectivity index (χ0) is 21.1. The molecule has 0 aliphatic heterocycles. The molecule has 0 spiro atoms. The summed E-state index contributed by atoms with van der Waals surface area (Å²) in [7, 11) is -3.54. The highest BCUT2D eigenvalue weighted by Crippen LogP contribution is 2.21. The molecule has 30 heavy (non-hydrogen) atoms. The van der Waals surface area contributed by atoms with Crippen LogP contribution in [0, 0.1) is 6.92 Å². The van der Waals surface area contributed by atoms with Gasteiger partial charge in [0.25, 0.3) is 0 Å². The molecule has 0 amide bonds. The van der Waals surface area contributed by atoms with E-state index in [4.69, 9.17) is 0 Å². The second kappa shape index (κ2) is 8.34. The molecule has 0 unspecified atom stereocenters. The zero-order valence-corrected chi connectivity index (χ0v) is 17.2. The number of nitrogens with one attached hydrogen (secondary N) is 2. The third-order valence-corrected chi connectivity index (χ3v) is 6.24. The molecule has 0 bridgehead atoms. The van der Waals surface area contributed by atoms with Crippen molar-refractivity contribution in [3.63, 3.8) is 0 Å². The van der Waals surface area contributed by atoms with Gasteiger partial charge in [0.1, 0.15) is 5.69 Å². The van der Waals surface area contributed by atoms with Crippen LogP contribution in [0.15, 0.2) is 53.6 Å². The van der Waals surface area contributed by atoms with Gasteiger partial charge in [0.15, 0.2) is 5.82 Å². The van der Waals surface area contributed by atoms with Crippen LogP contribution in [-0.4, -0.2) is 45.0 Å². The quantitative estimate of drug-likeness (QED) is 0.370. The summed E-state index contributed by atoms with van der Waals surface area (Å²) < 4.78 is 29.0. The maximum atomic E-state index is 12.4. The average molecular weight is 427 g/mol. The summed E-state index contributed by atoms with van der Waals surface area (Å²) in [4.78, 5) is 8.02. The number of aromatic nitrogens is 5. The van der Waals surface area contributed by atoms with Crippen LogP contribution in [-0.2, 0) is 23.2 Å². The second-order valence-corrected chi connectivity index (χ2v) is 8.77. The first-order chi connectivity index (χ1) is 14.5. The Bertz CT molecular complexity index is 1260. The van der Waals surface area contributed by atoms with Gasteiger partial charge in [0.2, 0.25) is 10.0 Å². The minimum absolute atomic E-state index is 0.0394. The SMILES string of the molecule is Cc1ccc(S(=O)(=O)NCCCn2nncc2-c2nc3ccc(CO)cc3[nH]2)cc1. The van der Waals surface area contributed by atoms with Crippen molar-refractivity contribution in [3.8, 4) is 11.5 Å². The van der Waals surface area contributed by atoms with Crippen LogP contribution in [0.4, 0.5) is 0 Å². The van der Waals surface area contributed by atoms with E-state index in [1.165, 1.54) is 0 Å². The first-order valence-electron chi connectivity index (χ1n) is 9.51. The van der Waals surface area contributed by atoms with Gasteiger partial charge in [-0.05, 0) is 43.2 Å². The van der Waals surface area contributed by atoms with Crippen molar-refractivity contribution in [2.24, 2.45) is 0 Å². The summed E-state index contributed by atoms with van der Waals surface area (Å²) in [6.45, 7) is 2.62. The fraction of sp³-hybridized carbons (Fsp3) is 0.250. The van der Waals surface area contributed by atoms with E-state index in [0.29, 0.717) is 24.5 Å². The number of imidazole rings is 1. The van der Waals surface area contributed by atoms with Crippen LogP contribution in [0.5, 0.6) is 0 Å². The Kier molecular flexibility index (Phi) is 5.62. The summed E-state index contributed by atoms with van der Waals surface area (Å²) in [6.07, 6.45) is 2.15. The molecule has 0 radical (unpaired) electrons. The summed E-state index contributed by atoms with van der Waals surface area (Å²) in [5.74, 6) is 0.616. The van der Waals surface area contributed by atoms with E-state index in [1.54, 1.807) is 35.1 Å². The average Bonchev–Trinajstić information content (AvgIpc) is 3.37. The highest BCUT2D eigenvalue weighted by Gasteiger charge is 2.14. The van der Waals surface area contributed by atoms with Crippen molar-refractivity contribution in [1.82, 2.24) is 29.7 Å². The highest BCUT2D eigenvalue weighted by molar-refractivity contribution is 7.89. The number of rotatable bonds is 8. The standard InChI is InChI=1S/C20H22N6O3S/c1-14-3-6-16(7-4-14)30(28,29)22-9-2-10-26-19(12-21-25-26)20-23-17-8-5-15(13-27)11-18(17)24-20/h3-8,11-12,22,27H,2,9-10,13H2,1H3,(H,23,24). The second-order valence-electron chi connectivity index (χ2n) is 7.00. The Morgan fingerprint density at radius 2 is 1.97 bits per heavy atom. The lowest BCUT2D eigenvalue weighted by Gasteiger charge is -2.08. The molecule has 0 aliphatic carbocycles. The number of benzene rings is 2. The van der Waals surface area contributed by atoms with Crippen molar-refractivity contribution in [1.29, 1.82) is 0 Å². The number of aliphatic hydroxyl groups excluding tert-OH is 1. The molecule has 0 saturated carbocycles. The predicted octanol–water partition coefficient (Wildman–Crippen LogP) is 1.99. The lowest BCUT2D eigenvalue weighted by atomic mass is 10.2. The number of H-pyrrole nitrogens is 1. The molecular weight excluding hydrogens is 404 g/mol. The third kappa shape index (κ3) is 4.25. The molecule has 0 aliphatic rings. The number of hydrogen-bond donors (Lipinski definition) is 3. The molecule has 4 rings (SSSR count). The Balaban J connectivity index is 1.41. The molecule has 2 aromatic heterocycles. The normalized spacial score (nSPS) is 11.9. The van der Waals surface area contributed by atoms with E-state index in [9.17, 15) is 13.5 Å². The van der Waals surface area contributed by atoms with Gasteiger partial charge in [-0.3, -0.25) is 0 Å². The molecule has 0 fully saturated rings. The molecule has 4 aromatic rings. The van der Waals surface area contributed by atoms with Gasteiger partial charge in [-0.1, -0.05) is 29.0 Å². The minimum Gasteiger partial charge on any atom is -0.392 e. The van der Waals surface area contributed by atoms with E-state index in [2.05, 4.69) is 25.0 Å². The van der Waals surface area contributed by atoms with E-state index < -0.39 is 10.0 Å². The number of aryl methyl sites for hydroxylation is 2. The topological polar surface area (TPSA) is 126 Å². The van der Waals surface area contributed by atoms with Crippen LogP contribution in [0.3, 0.4) is 0 Å². The van der Waals surface area contributed by atoms with E-state index in [-0.39, 0.29) is 18.0 Å². The molecule has 3 N–H and O–H groups in total. The van der Waals surface area contributed by atoms with Crippen LogP contribution in [0.2, 0.25) is 0 Å². The maximum Gasteiger partial charge on any atom is 0.240 e. The van der Waals surface area contributed by atoms with Crippen molar-refractivity contribution in [2.45, 2.75) is 31.4 Å². The summed E-state index contributed by atoms with van der Waals surface area (Å²) in [6, 6.07) is 12.2. The van der Waals surface area contributed by atoms with E-state index in [1.807, 2.05) is 25.1 Å². The van der Waals surface area contributed by atoms with Crippen LogP contribution in [0.1, 0.15) is 17.5 Å². The number of aliphatic hydroxyl groups is 1. The highest BCUT2D eigenvalue weighted by atomic mass is 32.2. The minimum atomic E-state index is -3.54. The Morgan fingerprint density at radius 3 is 2.73 bits per heavy atom. The fourth-order valence-corrected chi connectivity index (χ4v) is 4.19. The van der Waals surface area contributed by atoms with Crippen molar-refractivity contribution in [3.05, 3.63) is 59.8 Å². The largest absolute Gasteiger partial charge is 0.392 e. The Hall–Kier alpha value is -3.08. The molecule has 9 nitrogen and oxygen atoms in total. The molecule has 156 valence electrons. The van der Waals surface area contributed by atoms with E-state index in [0.717, 1.165) is 22.2 Å². The van der Waals surface area contributed by atoms with Crippen molar-refractivity contribution in [2.75, 3.05) is 6.54 Å². The van der Waals surface area contributed by atoms with Gasteiger partial charge < -0.3 is 10.1 Å². The lowest BCUT2D eigenvalue weighted by molar-refractivity contribution is 0.282. The molecule has 10 heteroatoms. The van der Waals surface area contributed by atoms with Gasteiger partial charge in [0, 0.05) is 13.1 Å². The van der Waals surface area contributed by atoms with Crippen LogP contribution < -0.4 is 4.72 Å². The van der Waals surface area contributed by atoms with Crippen molar-refractivity contribution < 1.29 is 13.5 Å². The maximum absolute atomic E-state index is 12.4.